The second-order valence-electron chi connectivity index (χ2n) is 6.58. The molecular formula is C15H26N2O4. The van der Waals surface area contributed by atoms with Gasteiger partial charge in [-0.15, -0.1) is 0 Å². The van der Waals surface area contributed by atoms with E-state index in [0.717, 1.165) is 0 Å². The molecule has 0 aliphatic carbocycles. The minimum Gasteiger partial charge on any atom is -0.481 e. The third-order valence-corrected chi connectivity index (χ3v) is 4.85. The van der Waals surface area contributed by atoms with Crippen LogP contribution in [0, 0.1) is 10.8 Å². The number of carbonyl (C=O) groups is 3. The van der Waals surface area contributed by atoms with Gasteiger partial charge >= 0.3 is 5.97 Å². The second-order valence-corrected chi connectivity index (χ2v) is 6.58. The van der Waals surface area contributed by atoms with Gasteiger partial charge in [0.05, 0.1) is 10.8 Å². The highest BCUT2D eigenvalue weighted by molar-refractivity contribution is 5.89. The van der Waals surface area contributed by atoms with Crippen molar-refractivity contribution in [3.8, 4) is 0 Å². The first kappa shape index (κ1) is 17.5. The number of piperazine rings is 1. The van der Waals surface area contributed by atoms with Crippen LogP contribution in [0.25, 0.3) is 0 Å². The monoisotopic (exact) mass is 298 g/mol. The number of carboxylic acid groups (broad SMARTS) is 1. The van der Waals surface area contributed by atoms with E-state index >= 15 is 0 Å². The summed E-state index contributed by atoms with van der Waals surface area (Å²) in [7, 11) is 0. The summed E-state index contributed by atoms with van der Waals surface area (Å²) in [5, 5.41) is 9.35. The van der Waals surface area contributed by atoms with Crippen LogP contribution in [0.15, 0.2) is 0 Å². The molecule has 0 aromatic rings. The van der Waals surface area contributed by atoms with E-state index in [9.17, 15) is 19.5 Å². The molecule has 120 valence electrons. The SMILES string of the molecule is CCC(=O)N1CCN(C(=O)C(C)(C)C(C)(C)C(=O)O)CC1. The molecule has 1 N–H and O–H groups in total. The van der Waals surface area contributed by atoms with Gasteiger partial charge in [-0.2, -0.15) is 0 Å². The van der Waals surface area contributed by atoms with Gasteiger partial charge in [-0.25, -0.2) is 0 Å². The molecule has 0 atom stereocenters. The highest BCUT2D eigenvalue weighted by Gasteiger charge is 2.50. The Labute approximate surface area is 126 Å². The van der Waals surface area contributed by atoms with Crippen LogP contribution in [0.1, 0.15) is 41.0 Å². The van der Waals surface area contributed by atoms with Crippen LogP contribution in [0.2, 0.25) is 0 Å². The smallest absolute Gasteiger partial charge is 0.310 e. The lowest BCUT2D eigenvalue weighted by Gasteiger charge is -2.43. The Morgan fingerprint density at radius 2 is 1.33 bits per heavy atom. The maximum atomic E-state index is 12.7. The highest BCUT2D eigenvalue weighted by atomic mass is 16.4. The molecule has 0 radical (unpaired) electrons. The fourth-order valence-corrected chi connectivity index (χ4v) is 2.31. The van der Waals surface area contributed by atoms with Gasteiger partial charge in [-0.1, -0.05) is 6.92 Å². The van der Waals surface area contributed by atoms with Gasteiger partial charge in [-0.3, -0.25) is 14.4 Å². The first-order valence-corrected chi connectivity index (χ1v) is 7.36. The van der Waals surface area contributed by atoms with E-state index in [4.69, 9.17) is 0 Å². The molecule has 0 saturated carbocycles. The number of aliphatic carboxylic acids is 1. The lowest BCUT2D eigenvalue weighted by atomic mass is 9.67. The maximum Gasteiger partial charge on any atom is 0.310 e. The number of rotatable bonds is 4. The first-order chi connectivity index (χ1) is 9.55. The van der Waals surface area contributed by atoms with E-state index in [1.807, 2.05) is 6.92 Å². The summed E-state index contributed by atoms with van der Waals surface area (Å²) in [6.45, 7) is 10.3. The summed E-state index contributed by atoms with van der Waals surface area (Å²) in [5.74, 6) is -1.06. The van der Waals surface area contributed by atoms with Gasteiger partial charge in [-0.05, 0) is 27.7 Å². The molecule has 21 heavy (non-hydrogen) atoms. The van der Waals surface area contributed by atoms with Gasteiger partial charge in [0, 0.05) is 32.6 Å². The van der Waals surface area contributed by atoms with Crippen LogP contribution >= 0.6 is 0 Å². The zero-order valence-electron chi connectivity index (χ0n) is 13.6. The third kappa shape index (κ3) is 3.19. The summed E-state index contributed by atoms with van der Waals surface area (Å²) < 4.78 is 0. The van der Waals surface area contributed by atoms with E-state index in [-0.39, 0.29) is 11.8 Å². The van der Waals surface area contributed by atoms with Gasteiger partial charge in [0.25, 0.3) is 0 Å². The number of amides is 2. The Balaban J connectivity index is 2.78. The summed E-state index contributed by atoms with van der Waals surface area (Å²) in [6, 6.07) is 0. The van der Waals surface area contributed by atoms with Gasteiger partial charge < -0.3 is 14.9 Å². The molecule has 2 amide bonds. The molecule has 1 aliphatic rings. The summed E-state index contributed by atoms with van der Waals surface area (Å²) in [4.78, 5) is 39.1. The zero-order valence-corrected chi connectivity index (χ0v) is 13.6. The van der Waals surface area contributed by atoms with Gasteiger partial charge in [0.1, 0.15) is 0 Å². The largest absolute Gasteiger partial charge is 0.481 e. The maximum absolute atomic E-state index is 12.7. The first-order valence-electron chi connectivity index (χ1n) is 7.36. The van der Waals surface area contributed by atoms with Crippen molar-refractivity contribution >= 4 is 17.8 Å². The standard InChI is InChI=1S/C15H26N2O4/c1-6-11(18)16-7-9-17(10-8-16)12(19)14(2,3)15(4,5)13(20)21/h6-10H2,1-5H3,(H,20,21). The van der Waals surface area contributed by atoms with Crippen LogP contribution < -0.4 is 0 Å². The van der Waals surface area contributed by atoms with E-state index in [2.05, 4.69) is 0 Å². The Bertz CT molecular complexity index is 435. The number of carboxylic acids is 1. The van der Waals surface area contributed by atoms with Crippen LogP contribution in [-0.4, -0.2) is 58.9 Å². The number of hydrogen-bond acceptors (Lipinski definition) is 3. The molecule has 1 saturated heterocycles. The van der Waals surface area contributed by atoms with Crippen LogP contribution in [0.5, 0.6) is 0 Å². The van der Waals surface area contributed by atoms with Crippen molar-refractivity contribution in [3.05, 3.63) is 0 Å². The topological polar surface area (TPSA) is 77.9 Å². The van der Waals surface area contributed by atoms with Crippen molar-refractivity contribution in [3.63, 3.8) is 0 Å². The molecule has 0 bridgehead atoms. The second kappa shape index (κ2) is 6.03. The molecule has 0 aromatic heterocycles. The van der Waals surface area contributed by atoms with Gasteiger partial charge in [0.2, 0.25) is 11.8 Å². The average molecular weight is 298 g/mol. The van der Waals surface area contributed by atoms with Crippen molar-refractivity contribution in [1.29, 1.82) is 0 Å². The molecule has 0 unspecified atom stereocenters. The lowest BCUT2D eigenvalue weighted by molar-refractivity contribution is -0.165. The van der Waals surface area contributed by atoms with Crippen molar-refractivity contribution < 1.29 is 19.5 Å². The molecule has 0 spiro atoms. The van der Waals surface area contributed by atoms with Crippen LogP contribution in [0.4, 0.5) is 0 Å². The number of hydrogen-bond donors (Lipinski definition) is 1. The Kier molecular flexibility index (Phi) is 5.02. The fraction of sp³-hybridized carbons (Fsp3) is 0.800. The van der Waals surface area contributed by atoms with Gasteiger partial charge in [0.15, 0.2) is 0 Å². The normalized spacial score (nSPS) is 16.8. The predicted molar refractivity (Wildman–Crippen MR) is 78.6 cm³/mol. The predicted octanol–water partition coefficient (Wildman–Crippen LogP) is 1.20. The van der Waals surface area contributed by atoms with E-state index < -0.39 is 16.8 Å². The minimum absolute atomic E-state index is 0.0900. The Morgan fingerprint density at radius 1 is 0.905 bits per heavy atom. The molecule has 6 heteroatoms. The van der Waals surface area contributed by atoms with E-state index in [0.29, 0.717) is 32.6 Å². The minimum atomic E-state index is -1.15. The average Bonchev–Trinajstić information content (AvgIpc) is 2.45. The lowest BCUT2D eigenvalue weighted by Crippen LogP contribution is -2.57. The Morgan fingerprint density at radius 3 is 1.71 bits per heavy atom. The van der Waals surface area contributed by atoms with Crippen molar-refractivity contribution in [2.45, 2.75) is 41.0 Å². The van der Waals surface area contributed by atoms with Crippen molar-refractivity contribution in [2.75, 3.05) is 26.2 Å². The summed E-state index contributed by atoms with van der Waals surface area (Å²) >= 11 is 0. The zero-order chi connectivity index (χ0) is 16.4. The van der Waals surface area contributed by atoms with Crippen molar-refractivity contribution in [1.82, 2.24) is 9.80 Å². The van der Waals surface area contributed by atoms with Crippen LogP contribution in [-0.2, 0) is 14.4 Å². The highest BCUT2D eigenvalue weighted by Crippen LogP contribution is 2.40. The van der Waals surface area contributed by atoms with Crippen LogP contribution in [0.3, 0.4) is 0 Å². The molecule has 0 aromatic carbocycles. The van der Waals surface area contributed by atoms with E-state index in [1.165, 1.54) is 0 Å². The third-order valence-electron chi connectivity index (χ3n) is 4.85. The summed E-state index contributed by atoms with van der Waals surface area (Å²) in [6.07, 6.45) is 0.464. The molecule has 1 fully saturated rings. The van der Waals surface area contributed by atoms with Crippen molar-refractivity contribution in [2.24, 2.45) is 10.8 Å². The summed E-state index contributed by atoms with van der Waals surface area (Å²) in [5.41, 5.74) is -2.16. The molecule has 1 heterocycles. The molecule has 1 aliphatic heterocycles. The molecular weight excluding hydrogens is 272 g/mol. The molecule has 1 rings (SSSR count). The quantitative estimate of drug-likeness (QED) is 0.846. The fourth-order valence-electron chi connectivity index (χ4n) is 2.31. The number of nitrogens with zero attached hydrogens (tertiary/aromatic N) is 2. The Hall–Kier alpha value is -1.59. The molecule has 6 nitrogen and oxygen atoms in total. The van der Waals surface area contributed by atoms with E-state index in [1.54, 1.807) is 37.5 Å². The number of carbonyl (C=O) groups excluding carboxylic acids is 2.